The molecule has 0 saturated heterocycles. The van der Waals surface area contributed by atoms with E-state index in [1.165, 1.54) is 19.1 Å². The van der Waals surface area contributed by atoms with Crippen LogP contribution in [0.1, 0.15) is 39.6 Å². The van der Waals surface area contributed by atoms with Gasteiger partial charge in [0.2, 0.25) is 0 Å². The number of aromatic nitrogens is 4. The number of ketones is 1. The molecule has 2 heterocycles. The second-order valence-electron chi connectivity index (χ2n) is 4.88. The number of aliphatic hydroxyl groups is 1. The Morgan fingerprint density at radius 3 is 2.58 bits per heavy atom. The van der Waals surface area contributed by atoms with Crippen molar-refractivity contribution in [2.75, 3.05) is 6.61 Å². The van der Waals surface area contributed by atoms with Crippen LogP contribution in [0, 0.1) is 18.3 Å². The van der Waals surface area contributed by atoms with Crippen LogP contribution in [0.25, 0.3) is 0 Å². The Morgan fingerprint density at radius 2 is 2.08 bits per heavy atom. The molecule has 7 nitrogen and oxygen atoms in total. The number of carbonyl (C=O) groups excluding carboxylic acids is 1. The SMILES string of the molecule is Cc1c(C(=O)CCO)c(C(F)(F)F)nn1Cc1ccc(C#N)nn1. The first-order valence-electron chi connectivity index (χ1n) is 6.79. The van der Waals surface area contributed by atoms with Gasteiger partial charge in [0.15, 0.2) is 17.2 Å². The number of rotatable bonds is 5. The predicted molar refractivity (Wildman–Crippen MR) is 73.8 cm³/mol. The third-order valence-electron chi connectivity index (χ3n) is 3.24. The highest BCUT2D eigenvalue weighted by atomic mass is 19.4. The normalized spacial score (nSPS) is 11.3. The smallest absolute Gasteiger partial charge is 0.396 e. The van der Waals surface area contributed by atoms with Gasteiger partial charge in [0.1, 0.15) is 6.07 Å². The summed E-state index contributed by atoms with van der Waals surface area (Å²) in [5.41, 5.74) is -1.47. The van der Waals surface area contributed by atoms with Gasteiger partial charge in [-0.3, -0.25) is 9.48 Å². The summed E-state index contributed by atoms with van der Waals surface area (Å²) in [6, 6.07) is 4.60. The van der Waals surface area contributed by atoms with E-state index in [0.29, 0.717) is 0 Å². The number of nitriles is 1. The number of carbonyl (C=O) groups is 1. The van der Waals surface area contributed by atoms with Crippen LogP contribution in [0.3, 0.4) is 0 Å². The largest absolute Gasteiger partial charge is 0.435 e. The van der Waals surface area contributed by atoms with Crippen molar-refractivity contribution in [3.05, 3.63) is 40.5 Å². The topological polar surface area (TPSA) is 105 Å². The van der Waals surface area contributed by atoms with Crippen LogP contribution in [0.4, 0.5) is 13.2 Å². The van der Waals surface area contributed by atoms with Crippen molar-refractivity contribution in [2.45, 2.75) is 26.1 Å². The molecule has 0 aliphatic carbocycles. The van der Waals surface area contributed by atoms with E-state index in [4.69, 9.17) is 10.4 Å². The van der Waals surface area contributed by atoms with E-state index in [1.807, 2.05) is 0 Å². The fourth-order valence-corrected chi connectivity index (χ4v) is 2.12. The van der Waals surface area contributed by atoms with Gasteiger partial charge in [-0.1, -0.05) is 0 Å². The third kappa shape index (κ3) is 3.57. The van der Waals surface area contributed by atoms with E-state index >= 15 is 0 Å². The Morgan fingerprint density at radius 1 is 1.38 bits per heavy atom. The average Bonchev–Trinajstić information content (AvgIpc) is 2.85. The molecule has 0 radical (unpaired) electrons. The van der Waals surface area contributed by atoms with Gasteiger partial charge in [-0.05, 0) is 19.1 Å². The second kappa shape index (κ2) is 6.76. The summed E-state index contributed by atoms with van der Waals surface area (Å²) in [6.45, 7) is 0.645. The Hall–Kier alpha value is -2.80. The van der Waals surface area contributed by atoms with Gasteiger partial charge in [0.05, 0.1) is 24.4 Å². The lowest BCUT2D eigenvalue weighted by atomic mass is 10.1. The summed E-state index contributed by atoms with van der Waals surface area (Å²) in [6.07, 6.45) is -5.22. The van der Waals surface area contributed by atoms with Crippen molar-refractivity contribution in [3.63, 3.8) is 0 Å². The van der Waals surface area contributed by atoms with Crippen LogP contribution < -0.4 is 0 Å². The molecule has 1 N–H and O–H groups in total. The molecular formula is C14H12F3N5O2. The molecule has 126 valence electrons. The molecule has 2 aromatic rings. The van der Waals surface area contributed by atoms with Crippen LogP contribution in [-0.4, -0.2) is 37.5 Å². The van der Waals surface area contributed by atoms with Crippen LogP contribution >= 0.6 is 0 Å². The fourth-order valence-electron chi connectivity index (χ4n) is 2.12. The van der Waals surface area contributed by atoms with Crippen molar-refractivity contribution >= 4 is 5.78 Å². The summed E-state index contributed by atoms with van der Waals surface area (Å²) < 4.78 is 40.4. The van der Waals surface area contributed by atoms with Crippen LogP contribution in [-0.2, 0) is 12.7 Å². The zero-order valence-corrected chi connectivity index (χ0v) is 12.5. The van der Waals surface area contributed by atoms with Crippen LogP contribution in [0.2, 0.25) is 0 Å². The van der Waals surface area contributed by atoms with Gasteiger partial charge in [0, 0.05) is 12.1 Å². The lowest BCUT2D eigenvalue weighted by Crippen LogP contribution is -2.13. The maximum absolute atomic E-state index is 13.1. The summed E-state index contributed by atoms with van der Waals surface area (Å²) in [7, 11) is 0. The van der Waals surface area contributed by atoms with Crippen molar-refractivity contribution in [2.24, 2.45) is 0 Å². The molecule has 0 spiro atoms. The molecule has 0 unspecified atom stereocenters. The fraction of sp³-hybridized carbons (Fsp3) is 0.357. The van der Waals surface area contributed by atoms with Crippen molar-refractivity contribution in [3.8, 4) is 6.07 Å². The van der Waals surface area contributed by atoms with Gasteiger partial charge in [-0.2, -0.15) is 28.6 Å². The molecule has 0 bridgehead atoms. The molecule has 0 atom stereocenters. The minimum Gasteiger partial charge on any atom is -0.396 e. The standard InChI is InChI=1S/C14H12F3N5O2/c1-8-12(11(24)4-5-23)13(14(15,16)17)21-22(8)7-10-3-2-9(6-18)19-20-10/h2-3,23H,4-5,7H2,1H3. The molecule has 24 heavy (non-hydrogen) atoms. The van der Waals surface area contributed by atoms with Crippen molar-refractivity contribution < 1.29 is 23.1 Å². The van der Waals surface area contributed by atoms with Gasteiger partial charge in [-0.25, -0.2) is 0 Å². The molecule has 2 rings (SSSR count). The number of hydrogen-bond donors (Lipinski definition) is 1. The number of Topliss-reactive ketones (excluding diaryl/α,β-unsaturated/α-hetero) is 1. The van der Waals surface area contributed by atoms with Crippen molar-refractivity contribution in [1.82, 2.24) is 20.0 Å². The number of halogens is 3. The molecule has 0 fully saturated rings. The van der Waals surface area contributed by atoms with E-state index in [9.17, 15) is 18.0 Å². The molecule has 0 amide bonds. The lowest BCUT2D eigenvalue weighted by molar-refractivity contribution is -0.141. The summed E-state index contributed by atoms with van der Waals surface area (Å²) in [4.78, 5) is 11.9. The maximum atomic E-state index is 13.1. The van der Waals surface area contributed by atoms with Gasteiger partial charge in [-0.15, -0.1) is 5.10 Å². The first-order valence-corrected chi connectivity index (χ1v) is 6.79. The Labute approximate surface area is 134 Å². The highest BCUT2D eigenvalue weighted by Crippen LogP contribution is 2.33. The molecular weight excluding hydrogens is 327 g/mol. The maximum Gasteiger partial charge on any atom is 0.435 e. The van der Waals surface area contributed by atoms with Crippen LogP contribution in [0.5, 0.6) is 0 Å². The van der Waals surface area contributed by atoms with E-state index in [1.54, 1.807) is 6.07 Å². The van der Waals surface area contributed by atoms with Gasteiger partial charge >= 0.3 is 6.18 Å². The van der Waals surface area contributed by atoms with Crippen molar-refractivity contribution in [1.29, 1.82) is 5.26 Å². The number of nitrogens with zero attached hydrogens (tertiary/aromatic N) is 5. The highest BCUT2D eigenvalue weighted by Gasteiger charge is 2.40. The van der Waals surface area contributed by atoms with E-state index in [2.05, 4.69) is 15.3 Å². The first kappa shape index (κ1) is 17.6. The zero-order chi connectivity index (χ0) is 17.9. The quantitative estimate of drug-likeness (QED) is 0.828. The first-order chi connectivity index (χ1) is 11.3. The van der Waals surface area contributed by atoms with E-state index in [-0.39, 0.29) is 23.6 Å². The third-order valence-corrected chi connectivity index (χ3v) is 3.24. The van der Waals surface area contributed by atoms with Gasteiger partial charge < -0.3 is 5.11 Å². The summed E-state index contributed by atoms with van der Waals surface area (Å²) >= 11 is 0. The molecule has 2 aromatic heterocycles. The molecule has 10 heteroatoms. The molecule has 0 aromatic carbocycles. The second-order valence-corrected chi connectivity index (χ2v) is 4.88. The minimum atomic E-state index is -4.80. The predicted octanol–water partition coefficient (Wildman–Crippen LogP) is 1.49. The Kier molecular flexibility index (Phi) is 4.94. The van der Waals surface area contributed by atoms with Crippen LogP contribution in [0.15, 0.2) is 12.1 Å². The van der Waals surface area contributed by atoms with Gasteiger partial charge in [0.25, 0.3) is 0 Å². The minimum absolute atomic E-state index is 0.0203. The Bertz CT molecular complexity index is 790. The lowest BCUT2D eigenvalue weighted by Gasteiger charge is -2.05. The average molecular weight is 339 g/mol. The summed E-state index contributed by atoms with van der Waals surface area (Å²) in [5, 5.41) is 28.2. The summed E-state index contributed by atoms with van der Waals surface area (Å²) in [5.74, 6) is -0.834. The zero-order valence-electron chi connectivity index (χ0n) is 12.5. The molecule has 0 saturated carbocycles. The number of alkyl halides is 3. The number of hydrogen-bond acceptors (Lipinski definition) is 6. The monoisotopic (exact) mass is 339 g/mol. The van der Waals surface area contributed by atoms with E-state index < -0.39 is 36.2 Å². The van der Waals surface area contributed by atoms with E-state index in [0.717, 1.165) is 4.68 Å². The molecule has 0 aliphatic rings. The Balaban J connectivity index is 2.43. The highest BCUT2D eigenvalue weighted by molar-refractivity contribution is 5.98. The molecule has 0 aliphatic heterocycles. The number of aliphatic hydroxyl groups excluding tert-OH is 1.